The highest BCUT2D eigenvalue weighted by atomic mass is 16.5. The number of aromatic nitrogens is 1. The Hall–Kier alpha value is -3.82. The standard InChI is InChI=1S/C29H25N3O3/c1-18-7-5-8-20(31-18)9-6-14-29-16-15-28(2,35-29)24-25(29)27(34)32(26(24)33)23-13-12-19(17-30)21-10-3-4-11-22(21)23/h3-13,24-25H,14-16H2,1-2H3/b9-6+/t24-,25+,28-,29+/m0/s1. The summed E-state index contributed by atoms with van der Waals surface area (Å²) in [5.74, 6) is -1.45. The molecular formula is C29H25N3O3. The van der Waals surface area contributed by atoms with E-state index in [-0.39, 0.29) is 11.8 Å². The molecule has 2 amide bonds. The fourth-order valence-electron chi connectivity index (χ4n) is 6.40. The molecular weight excluding hydrogens is 438 g/mol. The summed E-state index contributed by atoms with van der Waals surface area (Å²) in [4.78, 5) is 33.6. The van der Waals surface area contributed by atoms with Crippen molar-refractivity contribution in [2.45, 2.75) is 44.3 Å². The number of nitrogens with zero attached hydrogens (tertiary/aromatic N) is 3. The summed E-state index contributed by atoms with van der Waals surface area (Å²) in [6.07, 6.45) is 6.00. The number of rotatable bonds is 4. The topological polar surface area (TPSA) is 83.3 Å². The van der Waals surface area contributed by atoms with Gasteiger partial charge < -0.3 is 4.74 Å². The molecule has 1 aromatic heterocycles. The second kappa shape index (κ2) is 7.59. The summed E-state index contributed by atoms with van der Waals surface area (Å²) in [7, 11) is 0. The van der Waals surface area contributed by atoms with E-state index in [1.807, 2.05) is 68.5 Å². The van der Waals surface area contributed by atoms with Gasteiger partial charge in [0.1, 0.15) is 0 Å². The van der Waals surface area contributed by atoms with Crippen LogP contribution in [-0.2, 0) is 14.3 Å². The molecule has 35 heavy (non-hydrogen) atoms. The van der Waals surface area contributed by atoms with Gasteiger partial charge in [-0.25, -0.2) is 4.90 Å². The molecule has 3 aliphatic heterocycles. The Morgan fingerprint density at radius 3 is 2.60 bits per heavy atom. The molecule has 6 heteroatoms. The Morgan fingerprint density at radius 2 is 1.83 bits per heavy atom. The largest absolute Gasteiger partial charge is 0.367 e. The van der Waals surface area contributed by atoms with Gasteiger partial charge in [-0.15, -0.1) is 0 Å². The molecule has 0 spiro atoms. The average Bonchev–Trinajstić information content (AvgIpc) is 3.43. The summed E-state index contributed by atoms with van der Waals surface area (Å²) < 4.78 is 6.54. The Kier molecular flexibility index (Phi) is 4.71. The molecule has 0 aliphatic carbocycles. The average molecular weight is 464 g/mol. The Labute approximate surface area is 203 Å². The molecule has 3 saturated heterocycles. The maximum absolute atomic E-state index is 13.9. The Morgan fingerprint density at radius 1 is 1.06 bits per heavy atom. The van der Waals surface area contributed by atoms with E-state index < -0.39 is 23.0 Å². The van der Waals surface area contributed by atoms with Crippen LogP contribution in [0.4, 0.5) is 5.69 Å². The normalized spacial score (nSPS) is 29.3. The predicted octanol–water partition coefficient (Wildman–Crippen LogP) is 4.95. The lowest BCUT2D eigenvalue weighted by Crippen LogP contribution is -2.41. The Balaban J connectivity index is 1.38. The molecule has 4 atom stereocenters. The van der Waals surface area contributed by atoms with E-state index >= 15 is 0 Å². The number of carbonyl (C=O) groups is 2. The molecule has 6 nitrogen and oxygen atoms in total. The van der Waals surface area contributed by atoms with Gasteiger partial charge >= 0.3 is 0 Å². The lowest BCUT2D eigenvalue weighted by atomic mass is 9.67. The predicted molar refractivity (Wildman–Crippen MR) is 132 cm³/mol. The van der Waals surface area contributed by atoms with Gasteiger partial charge in [0.25, 0.3) is 0 Å². The molecule has 3 fully saturated rings. The summed E-state index contributed by atoms with van der Waals surface area (Å²) >= 11 is 0. The maximum Gasteiger partial charge on any atom is 0.240 e. The lowest BCUT2D eigenvalue weighted by Gasteiger charge is -2.30. The number of hydrogen-bond acceptors (Lipinski definition) is 5. The van der Waals surface area contributed by atoms with Gasteiger partial charge in [-0.1, -0.05) is 36.4 Å². The number of fused-ring (bicyclic) bond motifs is 6. The molecule has 2 bridgehead atoms. The van der Waals surface area contributed by atoms with Gasteiger partial charge in [-0.2, -0.15) is 5.26 Å². The van der Waals surface area contributed by atoms with E-state index in [2.05, 4.69) is 11.1 Å². The SMILES string of the molecule is Cc1cccc(/C=C/C[C@]23CC[C@](C)(O2)[C@@H]2C(=O)N(c4ccc(C#N)c5ccccc45)C(=O)[C@@H]23)n1. The minimum atomic E-state index is -0.705. The molecule has 2 aromatic carbocycles. The van der Waals surface area contributed by atoms with Crippen LogP contribution in [0.1, 0.15) is 43.1 Å². The van der Waals surface area contributed by atoms with Crippen LogP contribution in [-0.4, -0.2) is 28.0 Å². The molecule has 174 valence electrons. The van der Waals surface area contributed by atoms with E-state index in [1.165, 1.54) is 4.90 Å². The number of imide groups is 1. The minimum Gasteiger partial charge on any atom is -0.367 e. The van der Waals surface area contributed by atoms with Gasteiger partial charge in [0.2, 0.25) is 11.8 Å². The first-order valence-electron chi connectivity index (χ1n) is 12.0. The van der Waals surface area contributed by atoms with Crippen LogP contribution in [0.25, 0.3) is 16.8 Å². The molecule has 0 unspecified atom stereocenters. The smallest absolute Gasteiger partial charge is 0.240 e. The number of ether oxygens (including phenoxy) is 1. The van der Waals surface area contributed by atoms with Gasteiger partial charge in [-0.3, -0.25) is 14.6 Å². The van der Waals surface area contributed by atoms with Crippen molar-refractivity contribution in [3.05, 3.63) is 77.6 Å². The molecule has 4 heterocycles. The fraction of sp³-hybridized carbons (Fsp3) is 0.310. The van der Waals surface area contributed by atoms with E-state index in [0.29, 0.717) is 17.7 Å². The molecule has 0 N–H and O–H groups in total. The first-order chi connectivity index (χ1) is 16.9. The number of hydrogen-bond donors (Lipinski definition) is 0. The summed E-state index contributed by atoms with van der Waals surface area (Å²) in [5.41, 5.74) is 1.49. The lowest BCUT2D eigenvalue weighted by molar-refractivity contribution is -0.130. The fourth-order valence-corrected chi connectivity index (χ4v) is 6.40. The van der Waals surface area contributed by atoms with Crippen LogP contribution in [0.5, 0.6) is 0 Å². The van der Waals surface area contributed by atoms with Gasteiger partial charge in [0.05, 0.1) is 46.1 Å². The van der Waals surface area contributed by atoms with Crippen molar-refractivity contribution in [2.75, 3.05) is 4.90 Å². The third-order valence-electron chi connectivity index (χ3n) is 7.94. The van der Waals surface area contributed by atoms with E-state index in [0.717, 1.165) is 35.0 Å². The molecule has 6 rings (SSSR count). The zero-order chi connectivity index (χ0) is 24.4. The van der Waals surface area contributed by atoms with E-state index in [1.54, 1.807) is 12.1 Å². The van der Waals surface area contributed by atoms with Crippen LogP contribution < -0.4 is 4.90 Å². The van der Waals surface area contributed by atoms with Gasteiger partial charge in [-0.05, 0) is 63.5 Å². The molecule has 0 saturated carbocycles. The zero-order valence-corrected chi connectivity index (χ0v) is 19.7. The number of benzene rings is 2. The van der Waals surface area contributed by atoms with E-state index in [9.17, 15) is 14.9 Å². The van der Waals surface area contributed by atoms with Crippen molar-refractivity contribution in [1.82, 2.24) is 4.98 Å². The van der Waals surface area contributed by atoms with Gasteiger partial charge in [0.15, 0.2) is 0 Å². The highest BCUT2D eigenvalue weighted by molar-refractivity contribution is 6.26. The number of aryl methyl sites for hydroxylation is 1. The van der Waals surface area contributed by atoms with Gasteiger partial charge in [0, 0.05) is 16.5 Å². The number of pyridine rings is 1. The first kappa shape index (κ1) is 21.7. The number of amides is 2. The quantitative estimate of drug-likeness (QED) is 0.512. The number of nitriles is 1. The van der Waals surface area contributed by atoms with Crippen LogP contribution >= 0.6 is 0 Å². The van der Waals surface area contributed by atoms with Crippen LogP contribution in [0.15, 0.2) is 60.7 Å². The Bertz CT molecular complexity index is 1470. The third kappa shape index (κ3) is 3.08. The van der Waals surface area contributed by atoms with Crippen molar-refractivity contribution in [2.24, 2.45) is 11.8 Å². The van der Waals surface area contributed by atoms with Crippen molar-refractivity contribution in [3.8, 4) is 6.07 Å². The van der Waals surface area contributed by atoms with Crippen molar-refractivity contribution >= 4 is 34.4 Å². The second-order valence-electron chi connectivity index (χ2n) is 10.0. The summed E-state index contributed by atoms with van der Waals surface area (Å²) in [6.45, 7) is 3.92. The number of carbonyl (C=O) groups excluding carboxylic acids is 2. The number of anilines is 1. The maximum atomic E-state index is 13.9. The van der Waals surface area contributed by atoms with Crippen LogP contribution in [0, 0.1) is 30.1 Å². The molecule has 3 aliphatic rings. The van der Waals surface area contributed by atoms with E-state index in [4.69, 9.17) is 4.74 Å². The third-order valence-corrected chi connectivity index (χ3v) is 7.94. The molecule has 3 aromatic rings. The van der Waals surface area contributed by atoms with Crippen LogP contribution in [0.3, 0.4) is 0 Å². The van der Waals surface area contributed by atoms with Crippen molar-refractivity contribution in [1.29, 1.82) is 5.26 Å². The first-order valence-corrected chi connectivity index (χ1v) is 12.0. The van der Waals surface area contributed by atoms with Crippen molar-refractivity contribution < 1.29 is 14.3 Å². The summed E-state index contributed by atoms with van der Waals surface area (Å²) in [6, 6.07) is 18.9. The second-order valence-corrected chi connectivity index (χ2v) is 10.0. The van der Waals surface area contributed by atoms with Crippen molar-refractivity contribution in [3.63, 3.8) is 0 Å². The molecule has 0 radical (unpaired) electrons. The van der Waals surface area contributed by atoms with Crippen LogP contribution in [0.2, 0.25) is 0 Å². The zero-order valence-electron chi connectivity index (χ0n) is 19.7. The minimum absolute atomic E-state index is 0.205. The highest BCUT2D eigenvalue weighted by Crippen LogP contribution is 2.62. The highest BCUT2D eigenvalue weighted by Gasteiger charge is 2.73. The monoisotopic (exact) mass is 463 g/mol. The summed E-state index contributed by atoms with van der Waals surface area (Å²) in [5, 5.41) is 11.0.